The number of hydrogen-bond acceptors (Lipinski definition) is 8. The Kier molecular flexibility index (Phi) is 7.99. The van der Waals surface area contributed by atoms with E-state index in [1.807, 2.05) is 42.5 Å². The van der Waals surface area contributed by atoms with Gasteiger partial charge in [0.15, 0.2) is 17.3 Å². The van der Waals surface area contributed by atoms with Crippen LogP contribution in [0.15, 0.2) is 67.0 Å². The van der Waals surface area contributed by atoms with Crippen LogP contribution in [-0.4, -0.2) is 37.2 Å². The van der Waals surface area contributed by atoms with Crippen molar-refractivity contribution in [3.8, 4) is 27.7 Å². The van der Waals surface area contributed by atoms with Gasteiger partial charge in [0.2, 0.25) is 11.7 Å². The maximum absolute atomic E-state index is 13.4. The van der Waals surface area contributed by atoms with Gasteiger partial charge in [-0.25, -0.2) is 14.4 Å². The lowest BCUT2D eigenvalue weighted by Crippen LogP contribution is -2.14. The second kappa shape index (κ2) is 11.8. The first kappa shape index (κ1) is 27.2. The first-order valence-corrected chi connectivity index (χ1v) is 13.2. The summed E-state index contributed by atoms with van der Waals surface area (Å²) in [5.74, 6) is 1.54. The molecule has 0 aliphatic heterocycles. The van der Waals surface area contributed by atoms with E-state index in [0.29, 0.717) is 28.8 Å². The molecule has 0 aliphatic carbocycles. The monoisotopic (exact) mass is 578 g/mol. The van der Waals surface area contributed by atoms with Gasteiger partial charge in [0, 0.05) is 16.3 Å². The number of nitrogens with one attached hydrogen (secondary N) is 2. The number of nitrogens with zero attached hydrogens (tertiary/aromatic N) is 2. The number of aromatic nitrogens is 2. The molecule has 0 radical (unpaired) electrons. The number of rotatable bonds is 9. The number of ether oxygens (including phenoxy) is 3. The molecule has 2 heterocycles. The lowest BCUT2D eigenvalue weighted by atomic mass is 10.1. The van der Waals surface area contributed by atoms with Crippen molar-refractivity contribution in [3.05, 3.63) is 83.4 Å². The minimum Gasteiger partial charge on any atom is -0.493 e. The number of hydrogen-bond donors (Lipinski definition) is 2. The topological polar surface area (TPSA) is 94.6 Å². The largest absolute Gasteiger partial charge is 0.493 e. The van der Waals surface area contributed by atoms with Gasteiger partial charge in [-0.15, -0.1) is 11.3 Å². The fourth-order valence-electron chi connectivity index (χ4n) is 4.12. The summed E-state index contributed by atoms with van der Waals surface area (Å²) in [5, 5.41) is 6.02. The second-order valence-electron chi connectivity index (χ2n) is 8.64. The van der Waals surface area contributed by atoms with Crippen LogP contribution < -0.4 is 24.8 Å². The van der Waals surface area contributed by atoms with Gasteiger partial charge < -0.3 is 24.8 Å². The van der Waals surface area contributed by atoms with Gasteiger partial charge >= 0.3 is 0 Å². The maximum Gasteiger partial charge on any atom is 0.228 e. The van der Waals surface area contributed by atoms with E-state index in [2.05, 4.69) is 20.6 Å². The van der Waals surface area contributed by atoms with Crippen LogP contribution in [0.2, 0.25) is 5.02 Å². The molecule has 0 unspecified atom stereocenters. The number of thiophene rings is 1. The molecule has 0 spiro atoms. The highest BCUT2D eigenvalue weighted by molar-refractivity contribution is 7.22. The Bertz CT molecular complexity index is 1670. The molecule has 5 aromatic rings. The number of anilines is 3. The van der Waals surface area contributed by atoms with Crippen molar-refractivity contribution in [1.82, 2.24) is 9.97 Å². The fourth-order valence-corrected chi connectivity index (χ4v) is 5.34. The molecule has 11 heteroatoms. The minimum atomic E-state index is -0.538. The highest BCUT2D eigenvalue weighted by Crippen LogP contribution is 2.44. The van der Waals surface area contributed by atoms with E-state index in [1.54, 1.807) is 21.3 Å². The Morgan fingerprint density at radius 2 is 1.62 bits per heavy atom. The molecule has 0 saturated carbocycles. The first-order chi connectivity index (χ1) is 19.4. The van der Waals surface area contributed by atoms with E-state index in [1.165, 1.54) is 35.9 Å². The zero-order chi connectivity index (χ0) is 28.2. The van der Waals surface area contributed by atoms with Crippen molar-refractivity contribution in [2.75, 3.05) is 32.0 Å². The Hall–Kier alpha value is -4.41. The molecule has 1 amide bonds. The van der Waals surface area contributed by atoms with Crippen molar-refractivity contribution in [2.45, 2.75) is 6.42 Å². The number of halogens is 2. The van der Waals surface area contributed by atoms with E-state index >= 15 is 0 Å². The average molecular weight is 579 g/mol. The van der Waals surface area contributed by atoms with Crippen molar-refractivity contribution in [2.24, 2.45) is 0 Å². The van der Waals surface area contributed by atoms with Crippen molar-refractivity contribution in [3.63, 3.8) is 0 Å². The standard InChI is InChI=1S/C29H24ClFN4O4S/c1-37-23-11-17(12-24(38-2)27(23)39-3)25-14-22-28(40-25)29(33-15-32-22)35-18-6-4-16(5-7-18)10-26(36)34-19-8-9-21(31)20(30)13-19/h4-9,11-15H,10H2,1-3H3,(H,34,36)(H,32,33,35). The van der Waals surface area contributed by atoms with Crippen molar-refractivity contribution < 1.29 is 23.4 Å². The summed E-state index contributed by atoms with van der Waals surface area (Å²) in [7, 11) is 4.73. The molecule has 0 bridgehead atoms. The summed E-state index contributed by atoms with van der Waals surface area (Å²) in [4.78, 5) is 22.3. The smallest absolute Gasteiger partial charge is 0.228 e. The highest BCUT2D eigenvalue weighted by Gasteiger charge is 2.17. The molecular weight excluding hydrogens is 555 g/mol. The summed E-state index contributed by atoms with van der Waals surface area (Å²) in [6, 6.07) is 17.3. The molecule has 204 valence electrons. The average Bonchev–Trinajstić information content (AvgIpc) is 3.41. The van der Waals surface area contributed by atoms with Crippen LogP contribution in [0, 0.1) is 5.82 Å². The molecular formula is C29H24ClFN4O4S. The molecule has 5 rings (SSSR count). The lowest BCUT2D eigenvalue weighted by molar-refractivity contribution is -0.115. The number of carbonyl (C=O) groups is 1. The van der Waals surface area contributed by atoms with Crippen LogP contribution in [0.1, 0.15) is 5.56 Å². The van der Waals surface area contributed by atoms with Crippen LogP contribution in [0.25, 0.3) is 20.7 Å². The minimum absolute atomic E-state index is 0.0478. The van der Waals surface area contributed by atoms with Crippen LogP contribution in [0.3, 0.4) is 0 Å². The third kappa shape index (κ3) is 5.78. The Morgan fingerprint density at radius 3 is 2.27 bits per heavy atom. The summed E-state index contributed by atoms with van der Waals surface area (Å²) < 4.78 is 30.7. The van der Waals surface area contributed by atoms with E-state index in [4.69, 9.17) is 25.8 Å². The number of amides is 1. The summed E-state index contributed by atoms with van der Waals surface area (Å²) in [6.45, 7) is 0. The van der Waals surface area contributed by atoms with Gasteiger partial charge in [0.1, 0.15) is 12.1 Å². The summed E-state index contributed by atoms with van der Waals surface area (Å²) in [5.41, 5.74) is 3.74. The van der Waals surface area contributed by atoms with E-state index in [-0.39, 0.29) is 17.4 Å². The van der Waals surface area contributed by atoms with Gasteiger partial charge in [-0.3, -0.25) is 4.79 Å². The van der Waals surface area contributed by atoms with E-state index in [9.17, 15) is 9.18 Å². The number of carbonyl (C=O) groups excluding carboxylic acids is 1. The van der Waals surface area contributed by atoms with Crippen LogP contribution in [0.4, 0.5) is 21.6 Å². The third-order valence-electron chi connectivity index (χ3n) is 6.05. The Balaban J connectivity index is 1.33. The first-order valence-electron chi connectivity index (χ1n) is 12.0. The normalized spacial score (nSPS) is 10.8. The number of fused-ring (bicyclic) bond motifs is 1. The van der Waals surface area contributed by atoms with E-state index < -0.39 is 5.82 Å². The molecule has 2 N–H and O–H groups in total. The van der Waals surface area contributed by atoms with Gasteiger partial charge in [-0.1, -0.05) is 23.7 Å². The number of methoxy groups -OCH3 is 3. The maximum atomic E-state index is 13.4. The van der Waals surface area contributed by atoms with Gasteiger partial charge in [0.25, 0.3) is 0 Å². The predicted molar refractivity (Wildman–Crippen MR) is 156 cm³/mol. The zero-order valence-electron chi connectivity index (χ0n) is 21.7. The summed E-state index contributed by atoms with van der Waals surface area (Å²) in [6.07, 6.45) is 1.66. The third-order valence-corrected chi connectivity index (χ3v) is 7.51. The quantitative estimate of drug-likeness (QED) is 0.193. The van der Waals surface area contributed by atoms with Crippen LogP contribution in [-0.2, 0) is 11.2 Å². The molecule has 0 aliphatic rings. The molecule has 0 atom stereocenters. The van der Waals surface area contributed by atoms with Crippen LogP contribution in [0.5, 0.6) is 17.2 Å². The highest BCUT2D eigenvalue weighted by atomic mass is 35.5. The van der Waals surface area contributed by atoms with E-state index in [0.717, 1.165) is 31.9 Å². The molecule has 8 nitrogen and oxygen atoms in total. The lowest BCUT2D eigenvalue weighted by Gasteiger charge is -2.13. The fraction of sp³-hybridized carbons (Fsp3) is 0.138. The zero-order valence-corrected chi connectivity index (χ0v) is 23.3. The second-order valence-corrected chi connectivity index (χ2v) is 10.1. The van der Waals surface area contributed by atoms with Gasteiger partial charge in [-0.05, 0) is 59.7 Å². The Morgan fingerprint density at radius 1 is 0.925 bits per heavy atom. The molecule has 3 aromatic carbocycles. The SMILES string of the molecule is COc1cc(-c2cc3ncnc(Nc4ccc(CC(=O)Nc5ccc(F)c(Cl)c5)cc4)c3s2)cc(OC)c1OC. The van der Waals surface area contributed by atoms with Crippen molar-refractivity contribution >= 4 is 56.3 Å². The molecule has 0 fully saturated rings. The predicted octanol–water partition coefficient (Wildman–Crippen LogP) is 7.10. The Labute approximate surface area is 238 Å². The molecule has 0 saturated heterocycles. The molecule has 40 heavy (non-hydrogen) atoms. The number of benzene rings is 3. The van der Waals surface area contributed by atoms with Gasteiger partial charge in [-0.2, -0.15) is 0 Å². The molecule has 2 aromatic heterocycles. The van der Waals surface area contributed by atoms with Gasteiger partial charge in [0.05, 0.1) is 43.0 Å². The van der Waals surface area contributed by atoms with Crippen LogP contribution >= 0.6 is 22.9 Å². The summed E-state index contributed by atoms with van der Waals surface area (Å²) >= 11 is 7.33. The van der Waals surface area contributed by atoms with Crippen molar-refractivity contribution in [1.29, 1.82) is 0 Å².